The molecule has 0 saturated heterocycles. The monoisotopic (exact) mass is 445 g/mol. The van der Waals surface area contributed by atoms with Crippen molar-refractivity contribution in [3.8, 4) is 0 Å². The van der Waals surface area contributed by atoms with Crippen LogP contribution in [0.5, 0.6) is 0 Å². The zero-order valence-corrected chi connectivity index (χ0v) is 18.7. The molecule has 2 aromatic rings. The second kappa shape index (κ2) is 11.4. The van der Waals surface area contributed by atoms with Crippen LogP contribution >= 0.6 is 11.6 Å². The summed E-state index contributed by atoms with van der Waals surface area (Å²) in [6, 6.07) is 14.4. The number of hydrogen-bond acceptors (Lipinski definition) is 4. The second-order valence-electron chi connectivity index (χ2n) is 7.97. The Kier molecular flexibility index (Phi) is 8.88. The van der Waals surface area contributed by atoms with E-state index in [1.54, 1.807) is 45.0 Å². The number of alkyl carbamates (subject to hydrolysis) is 1. The number of nitrogens with one attached hydrogen (secondary N) is 3. The predicted molar refractivity (Wildman–Crippen MR) is 121 cm³/mol. The molecule has 0 aliphatic rings. The van der Waals surface area contributed by atoms with Gasteiger partial charge in [0.1, 0.15) is 5.60 Å². The number of anilines is 1. The van der Waals surface area contributed by atoms with Crippen molar-refractivity contribution in [2.24, 2.45) is 0 Å². The molecular weight excluding hydrogens is 418 g/mol. The van der Waals surface area contributed by atoms with Crippen molar-refractivity contribution in [1.29, 1.82) is 0 Å². The standard InChI is InChI=1S/C23H28ClN3O4/c1-23(2,3)31-22(30)25-12-11-20(28)26-15-17-8-4-5-10-19(17)27-21(29)14-16-7-6-9-18(24)13-16/h4-10,13H,11-12,14-15H2,1-3H3,(H,25,30)(H,26,28)(H,27,29). The van der Waals surface area contributed by atoms with Crippen LogP contribution in [0.4, 0.5) is 10.5 Å². The summed E-state index contributed by atoms with van der Waals surface area (Å²) in [5.74, 6) is -0.404. The fourth-order valence-corrected chi connectivity index (χ4v) is 2.91. The lowest BCUT2D eigenvalue weighted by molar-refractivity contribution is -0.121. The fourth-order valence-electron chi connectivity index (χ4n) is 2.70. The van der Waals surface area contributed by atoms with Crippen LogP contribution in [0.3, 0.4) is 0 Å². The summed E-state index contributed by atoms with van der Waals surface area (Å²) in [5, 5.41) is 8.79. The van der Waals surface area contributed by atoms with E-state index in [4.69, 9.17) is 16.3 Å². The van der Waals surface area contributed by atoms with Gasteiger partial charge in [-0.15, -0.1) is 0 Å². The molecule has 0 atom stereocenters. The number of amides is 3. The van der Waals surface area contributed by atoms with Crippen LogP contribution in [0.2, 0.25) is 5.02 Å². The molecule has 0 unspecified atom stereocenters. The van der Waals surface area contributed by atoms with Crippen molar-refractivity contribution in [2.75, 3.05) is 11.9 Å². The number of hydrogen-bond donors (Lipinski definition) is 3. The van der Waals surface area contributed by atoms with Gasteiger partial charge in [-0.25, -0.2) is 4.79 Å². The lowest BCUT2D eigenvalue weighted by atomic mass is 10.1. The van der Waals surface area contributed by atoms with Crippen molar-refractivity contribution in [3.63, 3.8) is 0 Å². The van der Waals surface area contributed by atoms with Crippen LogP contribution in [-0.4, -0.2) is 30.1 Å². The molecule has 0 saturated carbocycles. The first-order valence-electron chi connectivity index (χ1n) is 9.98. The molecule has 3 N–H and O–H groups in total. The SMILES string of the molecule is CC(C)(C)OC(=O)NCCC(=O)NCc1ccccc1NC(=O)Cc1cccc(Cl)c1. The van der Waals surface area contributed by atoms with Gasteiger partial charge < -0.3 is 20.7 Å². The number of para-hydroxylation sites is 1. The average Bonchev–Trinajstić information content (AvgIpc) is 2.66. The van der Waals surface area contributed by atoms with Gasteiger partial charge in [0.15, 0.2) is 0 Å². The predicted octanol–water partition coefficient (Wildman–Crippen LogP) is 4.05. The van der Waals surface area contributed by atoms with Crippen LogP contribution in [0.25, 0.3) is 0 Å². The second-order valence-corrected chi connectivity index (χ2v) is 8.40. The number of benzene rings is 2. The Morgan fingerprint density at radius 2 is 1.71 bits per heavy atom. The molecule has 0 radical (unpaired) electrons. The van der Waals surface area contributed by atoms with E-state index in [0.29, 0.717) is 10.7 Å². The first-order chi connectivity index (χ1) is 14.6. The van der Waals surface area contributed by atoms with E-state index in [2.05, 4.69) is 16.0 Å². The normalized spacial score (nSPS) is 10.8. The van der Waals surface area contributed by atoms with Crippen LogP contribution < -0.4 is 16.0 Å². The maximum atomic E-state index is 12.4. The van der Waals surface area contributed by atoms with E-state index in [1.807, 2.05) is 24.3 Å². The first-order valence-corrected chi connectivity index (χ1v) is 10.4. The molecule has 0 aliphatic heterocycles. The van der Waals surface area contributed by atoms with Crippen molar-refractivity contribution in [3.05, 3.63) is 64.7 Å². The Bertz CT molecular complexity index is 925. The highest BCUT2D eigenvalue weighted by molar-refractivity contribution is 6.30. The number of carbonyl (C=O) groups is 3. The third-order valence-corrected chi connectivity index (χ3v) is 4.28. The van der Waals surface area contributed by atoms with Crippen molar-refractivity contribution in [2.45, 2.75) is 45.8 Å². The zero-order chi connectivity index (χ0) is 22.9. The zero-order valence-electron chi connectivity index (χ0n) is 18.0. The maximum Gasteiger partial charge on any atom is 0.407 e. The fraction of sp³-hybridized carbons (Fsp3) is 0.348. The van der Waals surface area contributed by atoms with E-state index in [-0.39, 0.29) is 37.7 Å². The number of ether oxygens (including phenoxy) is 1. The minimum atomic E-state index is -0.590. The number of halogens is 1. The number of rotatable bonds is 8. The van der Waals surface area contributed by atoms with Gasteiger partial charge in [0.05, 0.1) is 6.42 Å². The molecular formula is C23H28ClN3O4. The van der Waals surface area contributed by atoms with E-state index >= 15 is 0 Å². The highest BCUT2D eigenvalue weighted by Crippen LogP contribution is 2.16. The van der Waals surface area contributed by atoms with Gasteiger partial charge in [0.25, 0.3) is 0 Å². The molecule has 0 fully saturated rings. The van der Waals surface area contributed by atoms with Crippen LogP contribution in [0.15, 0.2) is 48.5 Å². The van der Waals surface area contributed by atoms with Crippen molar-refractivity contribution < 1.29 is 19.1 Å². The minimum Gasteiger partial charge on any atom is -0.444 e. The highest BCUT2D eigenvalue weighted by Gasteiger charge is 2.16. The summed E-state index contributed by atoms with van der Waals surface area (Å²) >= 11 is 5.96. The van der Waals surface area contributed by atoms with E-state index in [1.165, 1.54) is 0 Å². The van der Waals surface area contributed by atoms with Crippen LogP contribution in [-0.2, 0) is 27.3 Å². The molecule has 0 bridgehead atoms. The van der Waals surface area contributed by atoms with E-state index in [9.17, 15) is 14.4 Å². The molecule has 166 valence electrons. The quantitative estimate of drug-likeness (QED) is 0.571. The van der Waals surface area contributed by atoms with Gasteiger partial charge in [-0.05, 0) is 50.1 Å². The van der Waals surface area contributed by atoms with E-state index < -0.39 is 11.7 Å². The largest absolute Gasteiger partial charge is 0.444 e. The topological polar surface area (TPSA) is 96.5 Å². The lowest BCUT2D eigenvalue weighted by Crippen LogP contribution is -2.35. The molecule has 7 nitrogen and oxygen atoms in total. The molecule has 0 spiro atoms. The Hall–Kier alpha value is -3.06. The summed E-state index contributed by atoms with van der Waals surface area (Å²) in [6.07, 6.45) is -0.256. The third kappa shape index (κ3) is 9.53. The third-order valence-electron chi connectivity index (χ3n) is 4.04. The molecule has 3 amide bonds. The molecule has 2 aromatic carbocycles. The molecule has 31 heavy (non-hydrogen) atoms. The smallest absolute Gasteiger partial charge is 0.407 e. The van der Waals surface area contributed by atoms with Gasteiger partial charge in [-0.1, -0.05) is 41.9 Å². The number of carbonyl (C=O) groups excluding carboxylic acids is 3. The van der Waals surface area contributed by atoms with Gasteiger partial charge in [-0.2, -0.15) is 0 Å². The minimum absolute atomic E-state index is 0.114. The summed E-state index contributed by atoms with van der Waals surface area (Å²) < 4.78 is 5.12. The summed E-state index contributed by atoms with van der Waals surface area (Å²) in [6.45, 7) is 5.72. The Balaban J connectivity index is 1.81. The molecule has 0 aromatic heterocycles. The lowest BCUT2D eigenvalue weighted by Gasteiger charge is -2.19. The van der Waals surface area contributed by atoms with Crippen LogP contribution in [0, 0.1) is 0 Å². The van der Waals surface area contributed by atoms with Crippen molar-refractivity contribution >= 4 is 35.2 Å². The summed E-state index contributed by atoms with van der Waals surface area (Å²) in [5.41, 5.74) is 1.62. The Morgan fingerprint density at radius 1 is 0.968 bits per heavy atom. The van der Waals surface area contributed by atoms with Gasteiger partial charge in [0.2, 0.25) is 11.8 Å². The Morgan fingerprint density at radius 3 is 2.42 bits per heavy atom. The Labute approximate surface area is 187 Å². The molecule has 0 aliphatic carbocycles. The van der Waals surface area contributed by atoms with Gasteiger partial charge in [0, 0.05) is 30.2 Å². The van der Waals surface area contributed by atoms with Crippen molar-refractivity contribution in [1.82, 2.24) is 10.6 Å². The summed E-state index contributed by atoms with van der Waals surface area (Å²) in [7, 11) is 0. The van der Waals surface area contributed by atoms with Gasteiger partial charge in [-0.3, -0.25) is 9.59 Å². The highest BCUT2D eigenvalue weighted by atomic mass is 35.5. The molecule has 0 heterocycles. The maximum absolute atomic E-state index is 12.4. The average molecular weight is 446 g/mol. The first kappa shape index (κ1) is 24.2. The molecule has 2 rings (SSSR count). The summed E-state index contributed by atoms with van der Waals surface area (Å²) in [4.78, 5) is 36.1. The van der Waals surface area contributed by atoms with E-state index in [0.717, 1.165) is 11.1 Å². The molecule has 8 heteroatoms. The van der Waals surface area contributed by atoms with Gasteiger partial charge >= 0.3 is 6.09 Å². The van der Waals surface area contributed by atoms with Crippen LogP contribution in [0.1, 0.15) is 38.3 Å².